The van der Waals surface area contributed by atoms with E-state index >= 15 is 0 Å². The Hall–Kier alpha value is -3.37. The average Bonchev–Trinajstić information content (AvgIpc) is 2.89. The summed E-state index contributed by atoms with van der Waals surface area (Å²) in [4.78, 5) is 29.5. The second-order valence-corrected chi connectivity index (χ2v) is 13.6. The zero-order chi connectivity index (χ0) is 30.2. The molecule has 3 aromatic rings. The number of amides is 2. The molecule has 0 unspecified atom stereocenters. The zero-order valence-corrected chi connectivity index (χ0v) is 26.5. The van der Waals surface area contributed by atoms with Crippen molar-refractivity contribution in [1.29, 1.82) is 0 Å². The molecule has 1 N–H and O–H groups in total. The summed E-state index contributed by atoms with van der Waals surface area (Å²) >= 11 is 3.48. The van der Waals surface area contributed by atoms with Gasteiger partial charge >= 0.3 is 0 Å². The molecule has 0 aliphatic rings. The molecule has 1 atom stereocenters. The molecular formula is C31H38BrN3O5S. The predicted molar refractivity (Wildman–Crippen MR) is 166 cm³/mol. The largest absolute Gasteiger partial charge is 0.492 e. The molecule has 0 aromatic heterocycles. The first-order chi connectivity index (χ1) is 19.3. The smallest absolute Gasteiger partial charge is 0.244 e. The minimum Gasteiger partial charge on any atom is -0.492 e. The van der Waals surface area contributed by atoms with Gasteiger partial charge in [-0.15, -0.1) is 0 Å². The number of hydrogen-bond acceptors (Lipinski definition) is 5. The number of rotatable bonds is 12. The maximum Gasteiger partial charge on any atom is 0.244 e. The van der Waals surface area contributed by atoms with Crippen molar-refractivity contribution in [3.8, 4) is 5.75 Å². The van der Waals surface area contributed by atoms with Gasteiger partial charge in [0.25, 0.3) is 0 Å². The molecule has 3 aromatic carbocycles. The zero-order valence-electron chi connectivity index (χ0n) is 24.1. The SMILES string of the molecule is CCOc1ccccc1N(CC(=O)N(Cc1cccc(Br)c1)[C@@H](Cc1ccccc1)C(=O)NC(C)(C)C)S(C)(=O)=O. The van der Waals surface area contributed by atoms with Crippen LogP contribution in [-0.2, 0) is 32.6 Å². The topological polar surface area (TPSA) is 96.0 Å². The molecule has 0 heterocycles. The Morgan fingerprint density at radius 1 is 0.951 bits per heavy atom. The van der Waals surface area contributed by atoms with Crippen LogP contribution in [0.25, 0.3) is 0 Å². The van der Waals surface area contributed by atoms with Gasteiger partial charge in [0.05, 0.1) is 18.6 Å². The molecule has 0 bridgehead atoms. The molecule has 0 saturated carbocycles. The van der Waals surface area contributed by atoms with Crippen molar-refractivity contribution >= 4 is 43.5 Å². The monoisotopic (exact) mass is 643 g/mol. The van der Waals surface area contributed by atoms with E-state index in [4.69, 9.17) is 4.74 Å². The van der Waals surface area contributed by atoms with E-state index in [0.717, 1.165) is 26.2 Å². The maximum atomic E-state index is 14.2. The van der Waals surface area contributed by atoms with E-state index < -0.39 is 34.1 Å². The van der Waals surface area contributed by atoms with Crippen LogP contribution in [0.3, 0.4) is 0 Å². The fraction of sp³-hybridized carbons (Fsp3) is 0.355. The Morgan fingerprint density at radius 3 is 2.20 bits per heavy atom. The minimum absolute atomic E-state index is 0.0953. The van der Waals surface area contributed by atoms with Crippen molar-refractivity contribution in [1.82, 2.24) is 10.2 Å². The first-order valence-corrected chi connectivity index (χ1v) is 16.0. The number of para-hydroxylation sites is 2. The average molecular weight is 645 g/mol. The third-order valence-corrected chi connectivity index (χ3v) is 7.74. The lowest BCUT2D eigenvalue weighted by molar-refractivity contribution is -0.140. The maximum absolute atomic E-state index is 14.2. The second kappa shape index (κ2) is 14.0. The third kappa shape index (κ3) is 9.60. The second-order valence-electron chi connectivity index (χ2n) is 10.8. The number of benzene rings is 3. The van der Waals surface area contributed by atoms with Crippen molar-refractivity contribution < 1.29 is 22.7 Å². The van der Waals surface area contributed by atoms with Crippen molar-refractivity contribution in [2.24, 2.45) is 0 Å². The van der Waals surface area contributed by atoms with E-state index in [1.165, 1.54) is 4.90 Å². The van der Waals surface area contributed by atoms with Crippen LogP contribution in [0, 0.1) is 0 Å². The van der Waals surface area contributed by atoms with Crippen LogP contribution in [0.4, 0.5) is 5.69 Å². The van der Waals surface area contributed by atoms with E-state index in [0.29, 0.717) is 12.4 Å². The van der Waals surface area contributed by atoms with Crippen LogP contribution in [0.5, 0.6) is 5.75 Å². The predicted octanol–water partition coefficient (Wildman–Crippen LogP) is 5.17. The van der Waals surface area contributed by atoms with Crippen LogP contribution in [0.2, 0.25) is 0 Å². The van der Waals surface area contributed by atoms with Crippen molar-refractivity contribution in [2.75, 3.05) is 23.7 Å². The quantitative estimate of drug-likeness (QED) is 0.294. The Kier molecular flexibility index (Phi) is 11.0. The molecule has 2 amide bonds. The van der Waals surface area contributed by atoms with E-state index in [1.807, 2.05) is 75.4 Å². The van der Waals surface area contributed by atoms with E-state index in [2.05, 4.69) is 21.2 Å². The lowest BCUT2D eigenvalue weighted by atomic mass is 10.0. The van der Waals surface area contributed by atoms with Gasteiger partial charge in [0.15, 0.2) is 0 Å². The highest BCUT2D eigenvalue weighted by atomic mass is 79.9. The van der Waals surface area contributed by atoms with Gasteiger partial charge < -0.3 is 15.0 Å². The molecule has 3 rings (SSSR count). The van der Waals surface area contributed by atoms with Crippen molar-refractivity contribution in [3.63, 3.8) is 0 Å². The van der Waals surface area contributed by atoms with Gasteiger partial charge in [-0.3, -0.25) is 13.9 Å². The summed E-state index contributed by atoms with van der Waals surface area (Å²) in [5.41, 5.74) is 1.36. The Morgan fingerprint density at radius 2 is 1.59 bits per heavy atom. The normalized spacial score (nSPS) is 12.3. The van der Waals surface area contributed by atoms with Crippen LogP contribution >= 0.6 is 15.9 Å². The Bertz CT molecular complexity index is 1440. The van der Waals surface area contributed by atoms with Gasteiger partial charge in [0, 0.05) is 23.0 Å². The molecule has 0 saturated heterocycles. The summed E-state index contributed by atoms with van der Waals surface area (Å²) in [6, 6.07) is 22.7. The van der Waals surface area contributed by atoms with Crippen LogP contribution in [0.15, 0.2) is 83.3 Å². The first kappa shape index (κ1) is 32.1. The highest BCUT2D eigenvalue weighted by Crippen LogP contribution is 2.30. The van der Waals surface area contributed by atoms with Gasteiger partial charge in [-0.2, -0.15) is 0 Å². The van der Waals surface area contributed by atoms with Gasteiger partial charge in [0.1, 0.15) is 18.3 Å². The molecule has 10 heteroatoms. The molecule has 8 nitrogen and oxygen atoms in total. The minimum atomic E-state index is -3.90. The number of hydrogen-bond donors (Lipinski definition) is 1. The van der Waals surface area contributed by atoms with Crippen molar-refractivity contribution in [3.05, 3.63) is 94.5 Å². The number of nitrogens with one attached hydrogen (secondary N) is 1. The number of sulfonamides is 1. The van der Waals surface area contributed by atoms with Crippen LogP contribution in [-0.4, -0.2) is 56.1 Å². The summed E-state index contributed by atoms with van der Waals surface area (Å²) in [7, 11) is -3.90. The summed E-state index contributed by atoms with van der Waals surface area (Å²) < 4.78 is 33.6. The first-order valence-electron chi connectivity index (χ1n) is 13.4. The number of nitrogens with zero attached hydrogens (tertiary/aromatic N) is 2. The molecular weight excluding hydrogens is 606 g/mol. The van der Waals surface area contributed by atoms with E-state index in [9.17, 15) is 18.0 Å². The van der Waals surface area contributed by atoms with E-state index in [-0.39, 0.29) is 24.6 Å². The molecule has 0 aliphatic heterocycles. The molecule has 0 spiro atoms. The lowest BCUT2D eigenvalue weighted by Crippen LogP contribution is -2.56. The van der Waals surface area contributed by atoms with Crippen LogP contribution < -0.4 is 14.4 Å². The summed E-state index contributed by atoms with van der Waals surface area (Å²) in [6.45, 7) is 7.34. The fourth-order valence-corrected chi connectivity index (χ4v) is 5.67. The number of carbonyl (C=O) groups is 2. The molecule has 41 heavy (non-hydrogen) atoms. The van der Waals surface area contributed by atoms with Gasteiger partial charge in [-0.1, -0.05) is 70.5 Å². The molecule has 0 aliphatic carbocycles. The number of carbonyl (C=O) groups excluding carboxylic acids is 2. The van der Waals surface area contributed by atoms with E-state index in [1.54, 1.807) is 31.2 Å². The number of anilines is 1. The number of ether oxygens (including phenoxy) is 1. The molecule has 220 valence electrons. The highest BCUT2D eigenvalue weighted by molar-refractivity contribution is 9.10. The van der Waals surface area contributed by atoms with Gasteiger partial charge in [0.2, 0.25) is 21.8 Å². The Labute approximate surface area is 251 Å². The lowest BCUT2D eigenvalue weighted by Gasteiger charge is -2.35. The highest BCUT2D eigenvalue weighted by Gasteiger charge is 2.34. The summed E-state index contributed by atoms with van der Waals surface area (Å²) in [6.07, 6.45) is 1.30. The van der Waals surface area contributed by atoms with Gasteiger partial charge in [-0.05, 0) is 63.1 Å². The summed E-state index contributed by atoms with van der Waals surface area (Å²) in [5.74, 6) is -0.505. The van der Waals surface area contributed by atoms with Crippen LogP contribution in [0.1, 0.15) is 38.8 Å². The standard InChI is InChI=1S/C31H38BrN3O5S/c1-6-40-28-18-11-10-17-26(28)35(41(5,38)39)22-29(36)34(21-24-15-12-16-25(32)19-24)27(30(37)33-31(2,3)4)20-23-13-8-7-9-14-23/h7-19,27H,6,20-22H2,1-5H3,(H,33,37)/t27-/m0/s1. The number of halogens is 1. The molecule has 0 radical (unpaired) electrons. The summed E-state index contributed by atoms with van der Waals surface area (Å²) in [5, 5.41) is 3.02. The fourth-order valence-electron chi connectivity index (χ4n) is 4.37. The van der Waals surface area contributed by atoms with Crippen molar-refractivity contribution in [2.45, 2.75) is 52.2 Å². The third-order valence-electron chi connectivity index (χ3n) is 6.12. The molecule has 0 fully saturated rings. The Balaban J connectivity index is 2.10. The van der Waals surface area contributed by atoms with Gasteiger partial charge in [-0.25, -0.2) is 8.42 Å².